The predicted molar refractivity (Wildman–Crippen MR) is 158 cm³/mol. The number of rotatable bonds is 10. The van der Waals surface area contributed by atoms with E-state index in [-0.39, 0.29) is 5.91 Å². The topological polar surface area (TPSA) is 99.5 Å². The Morgan fingerprint density at radius 3 is 2.37 bits per heavy atom. The molecule has 1 fully saturated rings. The minimum atomic E-state index is -0.392. The summed E-state index contributed by atoms with van der Waals surface area (Å²) in [6, 6.07) is 17.8. The van der Waals surface area contributed by atoms with Crippen molar-refractivity contribution in [3.05, 3.63) is 87.8 Å². The molecule has 214 valence electrons. The molecule has 0 unspecified atom stereocenters. The van der Waals surface area contributed by atoms with Crippen LogP contribution in [0.1, 0.15) is 35.3 Å². The molecule has 0 spiro atoms. The minimum absolute atomic E-state index is 0.264. The van der Waals surface area contributed by atoms with Crippen molar-refractivity contribution < 1.29 is 28.2 Å². The fraction of sp³-hybridized carbons (Fsp3) is 0.312. The molecule has 1 amide bonds. The van der Waals surface area contributed by atoms with Gasteiger partial charge in [-0.1, -0.05) is 12.1 Å². The quantitative estimate of drug-likeness (QED) is 0.252. The molecule has 1 N–H and O–H groups in total. The summed E-state index contributed by atoms with van der Waals surface area (Å²) in [7, 11) is 0. The zero-order chi connectivity index (χ0) is 28.8. The normalized spacial score (nSPS) is 13.2. The summed E-state index contributed by atoms with van der Waals surface area (Å²) >= 11 is 0. The van der Waals surface area contributed by atoms with Gasteiger partial charge in [-0.05, 0) is 56.2 Å². The minimum Gasteiger partial charge on any atom is -0.492 e. The van der Waals surface area contributed by atoms with E-state index in [0.29, 0.717) is 67.1 Å². The van der Waals surface area contributed by atoms with Crippen LogP contribution < -0.4 is 30.1 Å². The van der Waals surface area contributed by atoms with E-state index in [1.54, 1.807) is 18.2 Å². The van der Waals surface area contributed by atoms with E-state index in [1.807, 2.05) is 57.2 Å². The summed E-state index contributed by atoms with van der Waals surface area (Å²) in [4.78, 5) is 27.1. The first-order chi connectivity index (χ1) is 19.9. The lowest BCUT2D eigenvalue weighted by Gasteiger charge is -2.31. The molecule has 2 heterocycles. The highest BCUT2D eigenvalue weighted by atomic mass is 16.5. The maximum absolute atomic E-state index is 13.2. The molecule has 9 nitrogen and oxygen atoms in total. The third kappa shape index (κ3) is 6.63. The summed E-state index contributed by atoms with van der Waals surface area (Å²) in [5.41, 5.74) is 3.79. The second-order valence-corrected chi connectivity index (χ2v) is 9.63. The highest BCUT2D eigenvalue weighted by Crippen LogP contribution is 2.39. The largest absolute Gasteiger partial charge is 0.492 e. The van der Waals surface area contributed by atoms with Gasteiger partial charge in [0.2, 0.25) is 0 Å². The summed E-state index contributed by atoms with van der Waals surface area (Å²) in [5.74, 6) is 1.59. The Bertz CT molecular complexity index is 1570. The van der Waals surface area contributed by atoms with Crippen LogP contribution in [0.3, 0.4) is 0 Å². The van der Waals surface area contributed by atoms with E-state index in [1.165, 1.54) is 6.07 Å². The molecule has 1 aromatic heterocycles. The molecule has 0 saturated carbocycles. The fourth-order valence-electron chi connectivity index (χ4n) is 4.75. The van der Waals surface area contributed by atoms with Crippen molar-refractivity contribution in [2.24, 2.45) is 0 Å². The first-order valence-electron chi connectivity index (χ1n) is 13.8. The number of carbonyl (C=O) groups is 1. The van der Waals surface area contributed by atoms with Crippen LogP contribution in [0, 0.1) is 6.92 Å². The van der Waals surface area contributed by atoms with Gasteiger partial charge in [-0.2, -0.15) is 0 Å². The average molecular weight is 559 g/mol. The number of amides is 1. The van der Waals surface area contributed by atoms with Crippen molar-refractivity contribution in [3.63, 3.8) is 0 Å². The van der Waals surface area contributed by atoms with Crippen LogP contribution in [-0.4, -0.2) is 45.4 Å². The molecule has 4 aromatic rings. The Balaban J connectivity index is 1.28. The monoisotopic (exact) mass is 558 g/mol. The van der Waals surface area contributed by atoms with Gasteiger partial charge in [0.05, 0.1) is 37.8 Å². The Kier molecular flexibility index (Phi) is 8.74. The molecule has 0 radical (unpaired) electrons. The summed E-state index contributed by atoms with van der Waals surface area (Å²) < 4.78 is 28.6. The molecule has 1 saturated heterocycles. The number of ether oxygens (including phenoxy) is 4. The molecule has 3 aromatic carbocycles. The van der Waals surface area contributed by atoms with E-state index in [2.05, 4.69) is 10.2 Å². The maximum atomic E-state index is 13.2. The van der Waals surface area contributed by atoms with Gasteiger partial charge in [0.1, 0.15) is 29.4 Å². The van der Waals surface area contributed by atoms with E-state index in [4.69, 9.17) is 23.4 Å². The number of benzene rings is 3. The second-order valence-electron chi connectivity index (χ2n) is 9.63. The van der Waals surface area contributed by atoms with Gasteiger partial charge < -0.3 is 33.6 Å². The fourth-order valence-corrected chi connectivity index (χ4v) is 4.75. The van der Waals surface area contributed by atoms with Crippen LogP contribution in [0.2, 0.25) is 0 Å². The van der Waals surface area contributed by atoms with Crippen molar-refractivity contribution in [2.75, 3.05) is 49.7 Å². The Morgan fingerprint density at radius 2 is 1.63 bits per heavy atom. The number of carbonyl (C=O) groups excluding carboxylic acids is 1. The van der Waals surface area contributed by atoms with Crippen LogP contribution in [-0.2, 0) is 11.3 Å². The van der Waals surface area contributed by atoms with Crippen LogP contribution in [0.25, 0.3) is 11.0 Å². The zero-order valence-corrected chi connectivity index (χ0v) is 23.5. The highest BCUT2D eigenvalue weighted by molar-refractivity contribution is 6.05. The number of hydrogen-bond donors (Lipinski definition) is 1. The molecule has 9 heteroatoms. The number of morpholine rings is 1. The van der Waals surface area contributed by atoms with E-state index < -0.39 is 5.63 Å². The first-order valence-corrected chi connectivity index (χ1v) is 13.8. The van der Waals surface area contributed by atoms with Crippen LogP contribution in [0.15, 0.2) is 69.9 Å². The number of nitrogens with one attached hydrogen (secondary N) is 1. The number of hydrogen-bond acceptors (Lipinski definition) is 8. The maximum Gasteiger partial charge on any atom is 0.336 e. The lowest BCUT2D eigenvalue weighted by molar-refractivity contribution is 0.102. The van der Waals surface area contributed by atoms with Gasteiger partial charge in [-0.15, -0.1) is 0 Å². The van der Waals surface area contributed by atoms with Crippen molar-refractivity contribution in [1.29, 1.82) is 0 Å². The number of aryl methyl sites for hydroxylation is 1. The Hall–Kier alpha value is -4.50. The average Bonchev–Trinajstić information content (AvgIpc) is 2.98. The van der Waals surface area contributed by atoms with Crippen molar-refractivity contribution in [3.8, 4) is 17.2 Å². The van der Waals surface area contributed by atoms with Crippen molar-refractivity contribution >= 4 is 28.3 Å². The SMILES string of the molecule is CCOc1cc(N2CCOCC2)c(OCC)cc1NC(=O)c1ccc(COc2ccc3c(C)cc(=O)oc3c2)cc1. The zero-order valence-electron chi connectivity index (χ0n) is 23.5. The predicted octanol–water partition coefficient (Wildman–Crippen LogP) is 5.57. The molecule has 0 bridgehead atoms. The molecule has 5 rings (SSSR count). The lowest BCUT2D eigenvalue weighted by atomic mass is 10.1. The Morgan fingerprint density at radius 1 is 0.902 bits per heavy atom. The van der Waals surface area contributed by atoms with Gasteiger partial charge in [-0.3, -0.25) is 4.79 Å². The van der Waals surface area contributed by atoms with Crippen molar-refractivity contribution in [2.45, 2.75) is 27.4 Å². The van der Waals surface area contributed by atoms with Gasteiger partial charge in [0.25, 0.3) is 5.91 Å². The van der Waals surface area contributed by atoms with Gasteiger partial charge in [0.15, 0.2) is 0 Å². The van der Waals surface area contributed by atoms with Crippen LogP contribution >= 0.6 is 0 Å². The molecule has 0 atom stereocenters. The Labute approximate surface area is 238 Å². The highest BCUT2D eigenvalue weighted by Gasteiger charge is 2.21. The molecular formula is C32H34N2O7. The second kappa shape index (κ2) is 12.8. The molecule has 0 aliphatic carbocycles. The van der Waals surface area contributed by atoms with E-state index in [0.717, 1.165) is 35.3 Å². The van der Waals surface area contributed by atoms with Crippen LogP contribution in [0.4, 0.5) is 11.4 Å². The lowest BCUT2D eigenvalue weighted by Crippen LogP contribution is -2.36. The van der Waals surface area contributed by atoms with E-state index in [9.17, 15) is 9.59 Å². The molecule has 1 aliphatic heterocycles. The summed E-state index contributed by atoms with van der Waals surface area (Å²) in [6.07, 6.45) is 0. The van der Waals surface area contributed by atoms with Gasteiger partial charge >= 0.3 is 5.63 Å². The standard InChI is InChI=1S/C32H34N2O7/c1-4-38-29-19-27(34-12-14-37-15-13-34)30(39-5-2)18-26(29)33-32(36)23-8-6-22(7-9-23)20-40-24-10-11-25-21(3)16-31(35)41-28(25)17-24/h6-11,16-19H,4-5,12-15,20H2,1-3H3,(H,33,36). The molecular weight excluding hydrogens is 524 g/mol. The third-order valence-corrected chi connectivity index (χ3v) is 6.81. The number of fused-ring (bicyclic) bond motifs is 1. The smallest absolute Gasteiger partial charge is 0.336 e. The third-order valence-electron chi connectivity index (χ3n) is 6.81. The summed E-state index contributed by atoms with van der Waals surface area (Å²) in [6.45, 7) is 9.76. The number of nitrogens with zero attached hydrogens (tertiary/aromatic N) is 1. The van der Waals surface area contributed by atoms with Crippen LogP contribution in [0.5, 0.6) is 17.2 Å². The summed E-state index contributed by atoms with van der Waals surface area (Å²) in [5, 5.41) is 3.85. The van der Waals surface area contributed by atoms with Crippen molar-refractivity contribution in [1.82, 2.24) is 0 Å². The number of anilines is 2. The molecule has 41 heavy (non-hydrogen) atoms. The first kappa shape index (κ1) is 28.0. The van der Waals surface area contributed by atoms with Gasteiger partial charge in [0, 0.05) is 48.3 Å². The molecule has 1 aliphatic rings. The van der Waals surface area contributed by atoms with Gasteiger partial charge in [-0.25, -0.2) is 4.79 Å². The van der Waals surface area contributed by atoms with E-state index >= 15 is 0 Å².